The topological polar surface area (TPSA) is 26.0 Å². The highest BCUT2D eigenvalue weighted by Gasteiger charge is 1.99. The number of rotatable bonds is 7. The highest BCUT2D eigenvalue weighted by molar-refractivity contribution is 5.25. The molecule has 1 unspecified atom stereocenters. The lowest BCUT2D eigenvalue weighted by Gasteiger charge is -2.01. The molecule has 0 spiro atoms. The molecule has 0 bridgehead atoms. The number of halogens is 1. The number of hydrogen-bond acceptors (Lipinski definition) is 1. The quantitative estimate of drug-likeness (QED) is 0.650. The zero-order chi connectivity index (χ0) is 13.1. The average molecular weight is 235 g/mol. The van der Waals surface area contributed by atoms with E-state index in [9.17, 15) is 4.39 Å². The summed E-state index contributed by atoms with van der Waals surface area (Å²) in [4.78, 5) is 0. The van der Waals surface area contributed by atoms with Gasteiger partial charge in [-0.25, -0.2) is 4.39 Å². The molecule has 0 rings (SSSR count). The van der Waals surface area contributed by atoms with Gasteiger partial charge in [-0.15, -0.1) is 0 Å². The lowest BCUT2D eigenvalue weighted by molar-refractivity contribution is 0.629. The predicted octanol–water partition coefficient (Wildman–Crippen LogP) is 4.42. The van der Waals surface area contributed by atoms with Crippen LogP contribution >= 0.6 is 0 Å². The third-order valence-electron chi connectivity index (χ3n) is 2.16. The molecule has 0 aromatic rings. The minimum absolute atomic E-state index is 0.127. The maximum Gasteiger partial charge on any atom is 0.142 e. The minimum Gasteiger partial charge on any atom is -0.396 e. The van der Waals surface area contributed by atoms with E-state index in [-0.39, 0.29) is 11.5 Å². The Labute approximate surface area is 104 Å². The van der Waals surface area contributed by atoms with E-state index in [1.54, 1.807) is 0 Å². The fourth-order valence-corrected chi connectivity index (χ4v) is 1.16. The van der Waals surface area contributed by atoms with E-state index in [0.29, 0.717) is 12.3 Å². The Morgan fingerprint density at radius 3 is 2.71 bits per heavy atom. The summed E-state index contributed by atoms with van der Waals surface area (Å²) in [5.41, 5.74) is 5.60. The molecule has 0 aliphatic heterocycles. The molecule has 17 heavy (non-hydrogen) atoms. The van der Waals surface area contributed by atoms with Gasteiger partial charge in [0.05, 0.1) is 5.70 Å². The summed E-state index contributed by atoms with van der Waals surface area (Å²) in [5, 5.41) is 0. The van der Waals surface area contributed by atoms with Gasteiger partial charge in [-0.3, -0.25) is 0 Å². The van der Waals surface area contributed by atoms with Gasteiger partial charge in [0.1, 0.15) is 5.83 Å². The van der Waals surface area contributed by atoms with E-state index in [4.69, 9.17) is 5.73 Å². The fourth-order valence-electron chi connectivity index (χ4n) is 1.16. The lowest BCUT2D eigenvalue weighted by Crippen LogP contribution is -1.97. The highest BCUT2D eigenvalue weighted by atomic mass is 19.1. The summed E-state index contributed by atoms with van der Waals surface area (Å²) in [7, 11) is 0. The molecule has 0 aliphatic carbocycles. The van der Waals surface area contributed by atoms with Gasteiger partial charge in [0, 0.05) is 0 Å². The van der Waals surface area contributed by atoms with Crippen molar-refractivity contribution in [3.63, 3.8) is 0 Å². The van der Waals surface area contributed by atoms with Gasteiger partial charge in [0.15, 0.2) is 0 Å². The summed E-state index contributed by atoms with van der Waals surface area (Å²) < 4.78 is 13.4. The summed E-state index contributed by atoms with van der Waals surface area (Å²) in [6.45, 7) is 7.59. The zero-order valence-electron chi connectivity index (χ0n) is 10.7. The van der Waals surface area contributed by atoms with E-state index in [2.05, 4.69) is 19.6 Å². The van der Waals surface area contributed by atoms with Crippen LogP contribution in [0.1, 0.15) is 26.7 Å². The lowest BCUT2D eigenvalue weighted by atomic mass is 10.1. The number of nitrogens with two attached hydrogens (primary N) is 1. The second-order valence-electron chi connectivity index (χ2n) is 3.84. The van der Waals surface area contributed by atoms with Crippen LogP contribution in [0.4, 0.5) is 4.39 Å². The predicted molar refractivity (Wildman–Crippen MR) is 74.0 cm³/mol. The third kappa shape index (κ3) is 8.26. The van der Waals surface area contributed by atoms with Gasteiger partial charge in [-0.1, -0.05) is 50.8 Å². The van der Waals surface area contributed by atoms with Crippen molar-refractivity contribution < 1.29 is 4.39 Å². The van der Waals surface area contributed by atoms with Crippen molar-refractivity contribution in [3.8, 4) is 0 Å². The van der Waals surface area contributed by atoms with E-state index >= 15 is 0 Å². The van der Waals surface area contributed by atoms with Gasteiger partial charge >= 0.3 is 0 Å². The van der Waals surface area contributed by atoms with Crippen molar-refractivity contribution in [2.75, 3.05) is 0 Å². The van der Waals surface area contributed by atoms with Crippen molar-refractivity contribution in [3.05, 3.63) is 60.6 Å². The van der Waals surface area contributed by atoms with Gasteiger partial charge in [0.25, 0.3) is 0 Å². The van der Waals surface area contributed by atoms with Crippen molar-refractivity contribution in [2.24, 2.45) is 11.7 Å². The van der Waals surface area contributed by atoms with Crippen LogP contribution in [-0.2, 0) is 0 Å². The SMILES string of the molecule is C=C/C=C(N)\C(F)=C/CC(C)/C=C\C=C/CC. The zero-order valence-corrected chi connectivity index (χ0v) is 10.7. The Morgan fingerprint density at radius 1 is 1.41 bits per heavy atom. The van der Waals surface area contributed by atoms with Gasteiger partial charge in [0.2, 0.25) is 0 Å². The molecule has 0 aromatic carbocycles. The molecular weight excluding hydrogens is 213 g/mol. The number of hydrogen-bond donors (Lipinski definition) is 1. The molecule has 0 aromatic heterocycles. The molecule has 0 aliphatic rings. The summed E-state index contributed by atoms with van der Waals surface area (Å²) in [6.07, 6.45) is 14.2. The maximum absolute atomic E-state index is 13.4. The summed E-state index contributed by atoms with van der Waals surface area (Å²) in [5.74, 6) is -0.0898. The maximum atomic E-state index is 13.4. The molecule has 0 amide bonds. The Bertz CT molecular complexity index is 335. The molecule has 0 fully saturated rings. The summed E-state index contributed by atoms with van der Waals surface area (Å²) in [6, 6.07) is 0. The van der Waals surface area contributed by atoms with E-state index in [1.165, 1.54) is 18.2 Å². The minimum atomic E-state index is -0.380. The molecule has 2 N–H and O–H groups in total. The smallest absolute Gasteiger partial charge is 0.142 e. The van der Waals surface area contributed by atoms with Gasteiger partial charge in [-0.05, 0) is 30.9 Å². The monoisotopic (exact) mass is 235 g/mol. The van der Waals surface area contributed by atoms with Gasteiger partial charge in [-0.2, -0.15) is 0 Å². The molecule has 0 radical (unpaired) electrons. The number of allylic oxidation sites excluding steroid dienone is 8. The van der Waals surface area contributed by atoms with E-state index < -0.39 is 0 Å². The first kappa shape index (κ1) is 15.4. The Kier molecular flexibility index (Phi) is 8.75. The molecule has 94 valence electrons. The van der Waals surface area contributed by atoms with Crippen molar-refractivity contribution in [1.29, 1.82) is 0 Å². The van der Waals surface area contributed by atoms with Crippen LogP contribution < -0.4 is 5.73 Å². The third-order valence-corrected chi connectivity index (χ3v) is 2.16. The molecular formula is C15H22FN. The second kappa shape index (κ2) is 9.64. The molecule has 1 nitrogen and oxygen atoms in total. The van der Waals surface area contributed by atoms with Crippen LogP contribution in [0.2, 0.25) is 0 Å². The highest BCUT2D eigenvalue weighted by Crippen LogP contribution is 2.12. The summed E-state index contributed by atoms with van der Waals surface area (Å²) >= 11 is 0. The van der Waals surface area contributed by atoms with Crippen LogP contribution in [0.25, 0.3) is 0 Å². The van der Waals surface area contributed by atoms with Crippen molar-refractivity contribution >= 4 is 0 Å². The van der Waals surface area contributed by atoms with Crippen LogP contribution in [0.5, 0.6) is 0 Å². The first-order valence-electron chi connectivity index (χ1n) is 5.89. The van der Waals surface area contributed by atoms with Crippen LogP contribution in [-0.4, -0.2) is 0 Å². The first-order valence-corrected chi connectivity index (χ1v) is 5.89. The van der Waals surface area contributed by atoms with E-state index in [0.717, 1.165) is 6.42 Å². The Morgan fingerprint density at radius 2 is 2.12 bits per heavy atom. The standard InChI is InChI=1S/C15H22FN/c1-4-6-7-8-10-13(3)11-12-14(16)15(17)9-5-2/h5-10,12-13H,2,4,11,17H2,1,3H3/b7-6-,10-8-,14-12+,15-9+. The molecule has 1 atom stereocenters. The molecule has 0 heterocycles. The average Bonchev–Trinajstić information content (AvgIpc) is 2.32. The normalized spacial score (nSPS) is 15.7. The van der Waals surface area contributed by atoms with Crippen LogP contribution in [0.15, 0.2) is 60.6 Å². The van der Waals surface area contributed by atoms with Crippen molar-refractivity contribution in [1.82, 2.24) is 0 Å². The first-order chi connectivity index (χ1) is 8.11. The van der Waals surface area contributed by atoms with Crippen LogP contribution in [0.3, 0.4) is 0 Å². The molecule has 0 saturated heterocycles. The second-order valence-corrected chi connectivity index (χ2v) is 3.84. The largest absolute Gasteiger partial charge is 0.396 e. The molecule has 0 saturated carbocycles. The van der Waals surface area contributed by atoms with Crippen LogP contribution in [0, 0.1) is 5.92 Å². The Hall–Kier alpha value is -1.57. The molecule has 2 heteroatoms. The Balaban J connectivity index is 4.22. The van der Waals surface area contributed by atoms with E-state index in [1.807, 2.05) is 25.2 Å². The van der Waals surface area contributed by atoms with Crippen molar-refractivity contribution in [2.45, 2.75) is 26.7 Å². The van der Waals surface area contributed by atoms with Gasteiger partial charge < -0.3 is 5.73 Å². The fraction of sp³-hybridized carbons (Fsp3) is 0.333.